The summed E-state index contributed by atoms with van der Waals surface area (Å²) in [4.78, 5) is 20.0. The van der Waals surface area contributed by atoms with Crippen molar-refractivity contribution in [2.24, 2.45) is 0 Å². The molecule has 1 N–H and O–H groups in total. The van der Waals surface area contributed by atoms with Gasteiger partial charge in [-0.25, -0.2) is 0 Å². The van der Waals surface area contributed by atoms with E-state index in [1.54, 1.807) is 0 Å². The minimum Gasteiger partial charge on any atom is -0.290 e. The van der Waals surface area contributed by atoms with E-state index in [0.29, 0.717) is 0 Å². The van der Waals surface area contributed by atoms with E-state index < -0.39 is 16.9 Å². The highest BCUT2D eigenvalue weighted by Crippen LogP contribution is 2.07. The molecule has 1 heterocycles. The van der Waals surface area contributed by atoms with Crippen molar-refractivity contribution in [1.29, 1.82) is 0 Å². The molecule has 10 heavy (non-hydrogen) atoms. The van der Waals surface area contributed by atoms with E-state index in [1.807, 2.05) is 0 Å². The normalized spacial score (nSPS) is 24.0. The van der Waals surface area contributed by atoms with E-state index in [-0.39, 0.29) is 0 Å². The summed E-state index contributed by atoms with van der Waals surface area (Å²) in [6, 6.07) is -1.21. The van der Waals surface area contributed by atoms with Gasteiger partial charge in [0.2, 0.25) is 0 Å². The Bertz CT molecular complexity index is 203. The van der Waals surface area contributed by atoms with Crippen LogP contribution in [0.25, 0.3) is 0 Å². The van der Waals surface area contributed by atoms with E-state index in [0.717, 1.165) is 11.9 Å². The summed E-state index contributed by atoms with van der Waals surface area (Å²) in [5.41, 5.74) is 0. The molecule has 0 aromatic rings. The summed E-state index contributed by atoms with van der Waals surface area (Å²) < 4.78 is 2.26. The number of amides is 1. The third-order valence-corrected chi connectivity index (χ3v) is 1.60. The Kier molecular flexibility index (Phi) is 1.91. The molecule has 1 atom stereocenters. The van der Waals surface area contributed by atoms with Crippen LogP contribution in [0.5, 0.6) is 0 Å². The van der Waals surface area contributed by atoms with Gasteiger partial charge in [0.25, 0.3) is 0 Å². The number of rotatable bonds is 1. The van der Waals surface area contributed by atoms with Crippen molar-refractivity contribution in [3.05, 3.63) is 21.6 Å². The molecule has 0 spiro atoms. The number of nitro groups is 1. The third kappa shape index (κ3) is 1.27. The van der Waals surface area contributed by atoms with Crippen LogP contribution < -0.4 is 4.72 Å². The average Bonchev–Trinajstić information content (AvgIpc) is 1.88. The fourth-order valence-corrected chi connectivity index (χ4v) is 1.05. The monoisotopic (exact) mass is 160 g/mol. The molecule has 0 aliphatic carbocycles. The Labute approximate surface area is 60.8 Å². The molecule has 0 saturated carbocycles. The maximum Gasteiger partial charge on any atom is 0.309 e. The van der Waals surface area contributed by atoms with Crippen LogP contribution in [-0.4, -0.2) is 16.9 Å². The molecule has 1 amide bonds. The molecule has 1 aliphatic rings. The Balaban J connectivity index is 2.73. The van der Waals surface area contributed by atoms with Gasteiger partial charge < -0.3 is 0 Å². The van der Waals surface area contributed by atoms with Crippen molar-refractivity contribution >= 4 is 17.9 Å². The van der Waals surface area contributed by atoms with Crippen molar-refractivity contribution in [1.82, 2.24) is 4.72 Å². The van der Waals surface area contributed by atoms with Crippen LogP contribution >= 0.6 is 11.9 Å². The second kappa shape index (κ2) is 2.70. The summed E-state index contributed by atoms with van der Waals surface area (Å²) in [6.45, 7) is 0. The molecule has 0 radical (unpaired) electrons. The average molecular weight is 160 g/mol. The highest BCUT2D eigenvalue weighted by molar-refractivity contribution is 8.00. The van der Waals surface area contributed by atoms with E-state index in [1.165, 1.54) is 11.5 Å². The molecule has 0 fully saturated rings. The van der Waals surface area contributed by atoms with E-state index in [4.69, 9.17) is 0 Å². The molecule has 0 aromatic heterocycles. The zero-order valence-corrected chi connectivity index (χ0v) is 5.63. The minimum atomic E-state index is -1.21. The molecule has 0 bridgehead atoms. The van der Waals surface area contributed by atoms with Crippen LogP contribution in [0.1, 0.15) is 0 Å². The first-order chi connectivity index (χ1) is 4.72. The fraction of sp³-hybridized carbons (Fsp3) is 0.250. The lowest BCUT2D eigenvalue weighted by Crippen LogP contribution is -2.36. The minimum absolute atomic E-state index is 0.572. The van der Waals surface area contributed by atoms with Crippen LogP contribution in [0.15, 0.2) is 11.5 Å². The molecule has 0 aromatic carbocycles. The first-order valence-electron chi connectivity index (χ1n) is 2.47. The topological polar surface area (TPSA) is 72.2 Å². The predicted octanol–water partition coefficient (Wildman–Crippen LogP) is -0.0766. The van der Waals surface area contributed by atoms with Gasteiger partial charge in [0.15, 0.2) is 0 Å². The van der Waals surface area contributed by atoms with E-state index in [2.05, 4.69) is 4.72 Å². The molecule has 5 nitrogen and oxygen atoms in total. The number of nitrogens with one attached hydrogen (secondary N) is 1. The molecule has 0 saturated heterocycles. The van der Waals surface area contributed by atoms with Crippen LogP contribution in [0.2, 0.25) is 0 Å². The van der Waals surface area contributed by atoms with Gasteiger partial charge in [-0.3, -0.25) is 19.6 Å². The van der Waals surface area contributed by atoms with Crippen LogP contribution in [0, 0.1) is 10.1 Å². The Morgan fingerprint density at radius 2 is 2.50 bits per heavy atom. The predicted molar refractivity (Wildman–Crippen MR) is 35.7 cm³/mol. The standard InChI is InChI=1S/C4H4N2O3S/c7-4-3(6(8)9)1-2-10-5-4/h1-3H,(H,5,7). The fourth-order valence-electron chi connectivity index (χ4n) is 0.520. The molecule has 1 rings (SSSR count). The van der Waals surface area contributed by atoms with Gasteiger partial charge in [0, 0.05) is 11.0 Å². The number of nitrogens with zero attached hydrogens (tertiary/aromatic N) is 1. The van der Waals surface area contributed by atoms with Gasteiger partial charge in [0.1, 0.15) is 0 Å². The second-order valence-electron chi connectivity index (χ2n) is 1.64. The van der Waals surface area contributed by atoms with Gasteiger partial charge in [0.05, 0.1) is 0 Å². The summed E-state index contributed by atoms with van der Waals surface area (Å²) in [5.74, 6) is -0.572. The summed E-state index contributed by atoms with van der Waals surface area (Å²) >= 11 is 1.04. The van der Waals surface area contributed by atoms with Crippen LogP contribution in [-0.2, 0) is 4.79 Å². The summed E-state index contributed by atoms with van der Waals surface area (Å²) in [7, 11) is 0. The number of carbonyl (C=O) groups excluding carboxylic acids is 1. The zero-order valence-electron chi connectivity index (χ0n) is 4.81. The Hall–Kier alpha value is -1.04. The Morgan fingerprint density at radius 1 is 1.80 bits per heavy atom. The first kappa shape index (κ1) is 7.07. The van der Waals surface area contributed by atoms with Gasteiger partial charge in [-0.15, -0.1) is 0 Å². The van der Waals surface area contributed by atoms with Crippen LogP contribution in [0.4, 0.5) is 0 Å². The van der Waals surface area contributed by atoms with Crippen molar-refractivity contribution < 1.29 is 9.72 Å². The largest absolute Gasteiger partial charge is 0.309 e. The van der Waals surface area contributed by atoms with Gasteiger partial charge >= 0.3 is 11.9 Å². The Morgan fingerprint density at radius 3 is 2.90 bits per heavy atom. The van der Waals surface area contributed by atoms with Crippen LogP contribution in [0.3, 0.4) is 0 Å². The summed E-state index contributed by atoms with van der Waals surface area (Å²) in [5, 5.41) is 11.5. The number of hydrogen-bond donors (Lipinski definition) is 1. The lowest BCUT2D eigenvalue weighted by molar-refractivity contribution is -0.495. The number of carbonyl (C=O) groups is 1. The van der Waals surface area contributed by atoms with Gasteiger partial charge in [-0.05, 0) is 17.4 Å². The summed E-state index contributed by atoms with van der Waals surface area (Å²) in [6.07, 6.45) is 1.25. The van der Waals surface area contributed by atoms with Gasteiger partial charge in [-0.1, -0.05) is 0 Å². The second-order valence-corrected chi connectivity index (χ2v) is 2.35. The molecule has 1 unspecified atom stereocenters. The molecular weight excluding hydrogens is 156 g/mol. The maximum atomic E-state index is 10.6. The first-order valence-corrected chi connectivity index (χ1v) is 3.35. The smallest absolute Gasteiger partial charge is 0.290 e. The molecular formula is C4H4N2O3S. The van der Waals surface area contributed by atoms with E-state index in [9.17, 15) is 14.9 Å². The van der Waals surface area contributed by atoms with E-state index >= 15 is 0 Å². The maximum absolute atomic E-state index is 10.6. The molecule has 54 valence electrons. The van der Waals surface area contributed by atoms with Gasteiger partial charge in [-0.2, -0.15) is 0 Å². The SMILES string of the molecule is O=C1NSC=CC1[N+](=O)[O-]. The highest BCUT2D eigenvalue weighted by atomic mass is 32.2. The number of hydrogen-bond acceptors (Lipinski definition) is 4. The van der Waals surface area contributed by atoms with Crippen molar-refractivity contribution in [2.45, 2.75) is 6.04 Å². The lowest BCUT2D eigenvalue weighted by atomic mass is 10.3. The van der Waals surface area contributed by atoms with Crippen molar-refractivity contribution in [3.63, 3.8) is 0 Å². The van der Waals surface area contributed by atoms with Crippen molar-refractivity contribution in [2.75, 3.05) is 0 Å². The molecule has 1 aliphatic heterocycles. The lowest BCUT2D eigenvalue weighted by Gasteiger charge is -2.07. The molecule has 6 heteroatoms. The van der Waals surface area contributed by atoms with Crippen molar-refractivity contribution in [3.8, 4) is 0 Å². The highest BCUT2D eigenvalue weighted by Gasteiger charge is 2.28. The quantitative estimate of drug-likeness (QED) is 0.331. The zero-order chi connectivity index (χ0) is 7.56. The third-order valence-electron chi connectivity index (χ3n) is 0.984.